The quantitative estimate of drug-likeness (QED) is 0.545. The van der Waals surface area contributed by atoms with Gasteiger partial charge in [0.2, 0.25) is 6.29 Å². The fraction of sp³-hybridized carbons (Fsp3) is 0.680. The molecule has 4 N–H and O–H groups in total. The molecule has 4 rings (SSSR count). The van der Waals surface area contributed by atoms with Gasteiger partial charge in [0, 0.05) is 11.5 Å². The molecule has 0 spiro atoms. The second-order valence-corrected chi connectivity index (χ2v) is 10.1. The first kappa shape index (κ1) is 22.6. The van der Waals surface area contributed by atoms with Crippen molar-refractivity contribution in [3.8, 4) is 11.5 Å². The van der Waals surface area contributed by atoms with E-state index in [9.17, 15) is 20.4 Å². The SMILES string of the molecule is CC(C)=CC1C[C@H](C)[C@H]2CC[C@H](C)c3c(O)c(OC4OCC(O)C(O)C4O)c(C)c1c32. The van der Waals surface area contributed by atoms with Crippen LogP contribution in [0.5, 0.6) is 11.5 Å². The zero-order valence-corrected chi connectivity index (χ0v) is 19.1. The normalized spacial score (nSPS) is 37.2. The number of aliphatic hydroxyl groups is 3. The van der Waals surface area contributed by atoms with Gasteiger partial charge in [-0.3, -0.25) is 0 Å². The molecule has 0 bridgehead atoms. The maximum Gasteiger partial charge on any atom is 0.229 e. The van der Waals surface area contributed by atoms with Crippen molar-refractivity contribution in [1.82, 2.24) is 0 Å². The van der Waals surface area contributed by atoms with Gasteiger partial charge in [0.25, 0.3) is 0 Å². The fourth-order valence-electron chi connectivity index (χ4n) is 5.94. The first-order valence-electron chi connectivity index (χ1n) is 11.5. The molecule has 3 aliphatic rings. The molecule has 172 valence electrons. The molecule has 1 aromatic carbocycles. The predicted molar refractivity (Wildman–Crippen MR) is 118 cm³/mol. The first-order chi connectivity index (χ1) is 14.6. The zero-order chi connectivity index (χ0) is 22.6. The van der Waals surface area contributed by atoms with Gasteiger partial charge >= 0.3 is 0 Å². The molecular weight excluding hydrogens is 396 g/mol. The van der Waals surface area contributed by atoms with Crippen molar-refractivity contribution >= 4 is 0 Å². The van der Waals surface area contributed by atoms with Gasteiger partial charge in [0.15, 0.2) is 11.5 Å². The van der Waals surface area contributed by atoms with E-state index < -0.39 is 24.6 Å². The van der Waals surface area contributed by atoms with Gasteiger partial charge in [-0.05, 0) is 74.5 Å². The van der Waals surface area contributed by atoms with E-state index in [1.165, 1.54) is 16.7 Å². The maximum absolute atomic E-state index is 11.3. The third-order valence-electron chi connectivity index (χ3n) is 7.48. The van der Waals surface area contributed by atoms with E-state index in [1.54, 1.807) is 0 Å². The van der Waals surface area contributed by atoms with Crippen LogP contribution in [-0.4, -0.2) is 51.6 Å². The lowest BCUT2D eigenvalue weighted by molar-refractivity contribution is -0.242. The minimum absolute atomic E-state index is 0.120. The van der Waals surface area contributed by atoms with E-state index in [2.05, 4.69) is 33.8 Å². The van der Waals surface area contributed by atoms with Crippen molar-refractivity contribution < 1.29 is 29.9 Å². The predicted octanol–water partition coefficient (Wildman–Crippen LogP) is 3.59. The maximum atomic E-state index is 11.3. The lowest BCUT2D eigenvalue weighted by Crippen LogP contribution is -2.54. The van der Waals surface area contributed by atoms with Gasteiger partial charge in [-0.2, -0.15) is 0 Å². The highest BCUT2D eigenvalue weighted by Gasteiger charge is 2.43. The Labute approximate surface area is 184 Å². The molecule has 0 aromatic heterocycles. The van der Waals surface area contributed by atoms with Crippen LogP contribution in [0.1, 0.15) is 87.0 Å². The molecule has 6 nitrogen and oxygen atoms in total. The Kier molecular flexibility index (Phi) is 6.12. The number of phenols is 1. The molecule has 1 fully saturated rings. The topological polar surface area (TPSA) is 99.4 Å². The summed E-state index contributed by atoms with van der Waals surface area (Å²) in [4.78, 5) is 0. The van der Waals surface area contributed by atoms with Crippen LogP contribution < -0.4 is 4.74 Å². The standard InChI is InChI=1S/C25H36O6/c1-11(2)8-15-9-13(4)16-7-6-12(3)18-20(16)19(15)14(5)24(22(18)28)31-25-23(29)21(27)17(26)10-30-25/h8,12-13,15-17,21,23,25-29H,6-7,9-10H2,1-5H3/t12-,13-,15?,16+,17?,21?,23?,25?/m0/s1. The highest BCUT2D eigenvalue weighted by Crippen LogP contribution is 2.58. The highest BCUT2D eigenvalue weighted by molar-refractivity contribution is 5.64. The number of phenolic OH excluding ortho intramolecular Hbond substituents is 1. The molecule has 6 heteroatoms. The third-order valence-corrected chi connectivity index (χ3v) is 7.48. The molecule has 2 aliphatic carbocycles. The van der Waals surface area contributed by atoms with Crippen molar-refractivity contribution in [2.45, 2.75) is 96.2 Å². The molecule has 1 saturated heterocycles. The Hall–Kier alpha value is -1.60. The van der Waals surface area contributed by atoms with Gasteiger partial charge < -0.3 is 29.9 Å². The summed E-state index contributed by atoms with van der Waals surface area (Å²) in [6.45, 7) is 10.5. The van der Waals surface area contributed by atoms with Crippen molar-refractivity contribution in [2.75, 3.05) is 6.61 Å². The van der Waals surface area contributed by atoms with Gasteiger partial charge in [0.1, 0.15) is 18.3 Å². The monoisotopic (exact) mass is 432 g/mol. The molecule has 0 amide bonds. The zero-order valence-electron chi connectivity index (χ0n) is 19.1. The summed E-state index contributed by atoms with van der Waals surface area (Å²) in [5.74, 6) is 1.84. The second-order valence-electron chi connectivity index (χ2n) is 10.1. The van der Waals surface area contributed by atoms with Crippen LogP contribution in [0.25, 0.3) is 0 Å². The van der Waals surface area contributed by atoms with Crippen molar-refractivity contribution in [2.24, 2.45) is 5.92 Å². The summed E-state index contributed by atoms with van der Waals surface area (Å²) in [7, 11) is 0. The van der Waals surface area contributed by atoms with Crippen molar-refractivity contribution in [3.05, 3.63) is 33.9 Å². The number of benzene rings is 1. The average Bonchev–Trinajstić information content (AvgIpc) is 2.69. The summed E-state index contributed by atoms with van der Waals surface area (Å²) in [5, 5.41) is 41.5. The van der Waals surface area contributed by atoms with Gasteiger partial charge in [-0.25, -0.2) is 0 Å². The van der Waals surface area contributed by atoms with Crippen molar-refractivity contribution in [3.63, 3.8) is 0 Å². The molecule has 0 radical (unpaired) electrons. The number of hydrogen-bond acceptors (Lipinski definition) is 6. The number of aromatic hydroxyl groups is 1. The van der Waals surface area contributed by atoms with Crippen LogP contribution in [0.3, 0.4) is 0 Å². The van der Waals surface area contributed by atoms with Crippen LogP contribution in [0.2, 0.25) is 0 Å². The van der Waals surface area contributed by atoms with Gasteiger partial charge in [0.05, 0.1) is 6.61 Å². The Morgan fingerprint density at radius 3 is 2.42 bits per heavy atom. The largest absolute Gasteiger partial charge is 0.504 e. The Morgan fingerprint density at radius 1 is 1.03 bits per heavy atom. The molecule has 1 heterocycles. The molecule has 1 aliphatic heterocycles. The summed E-state index contributed by atoms with van der Waals surface area (Å²) >= 11 is 0. The van der Waals surface area contributed by atoms with Crippen LogP contribution >= 0.6 is 0 Å². The summed E-state index contributed by atoms with van der Waals surface area (Å²) in [6.07, 6.45) is 0.395. The first-order valence-corrected chi connectivity index (χ1v) is 11.5. The lowest BCUT2D eigenvalue weighted by atomic mass is 9.62. The van der Waals surface area contributed by atoms with Gasteiger partial charge in [-0.1, -0.05) is 25.5 Å². The van der Waals surface area contributed by atoms with Crippen LogP contribution in [0, 0.1) is 12.8 Å². The average molecular weight is 433 g/mol. The third kappa shape index (κ3) is 3.78. The molecular formula is C25H36O6. The fourth-order valence-corrected chi connectivity index (χ4v) is 5.94. The lowest BCUT2D eigenvalue weighted by Gasteiger charge is -2.44. The number of allylic oxidation sites excluding steroid dienone is 2. The second kappa shape index (κ2) is 8.39. The van der Waals surface area contributed by atoms with Crippen LogP contribution in [0.15, 0.2) is 11.6 Å². The number of rotatable bonds is 3. The summed E-state index contributed by atoms with van der Waals surface area (Å²) < 4.78 is 11.5. The minimum Gasteiger partial charge on any atom is -0.504 e. The van der Waals surface area contributed by atoms with E-state index in [0.29, 0.717) is 17.6 Å². The van der Waals surface area contributed by atoms with E-state index in [0.717, 1.165) is 30.4 Å². The number of hydrogen-bond donors (Lipinski definition) is 4. The number of ether oxygens (including phenoxy) is 2. The van der Waals surface area contributed by atoms with Crippen molar-refractivity contribution in [1.29, 1.82) is 0 Å². The number of aliphatic hydroxyl groups excluding tert-OH is 3. The molecule has 0 saturated carbocycles. The Balaban J connectivity index is 1.85. The van der Waals surface area contributed by atoms with E-state index >= 15 is 0 Å². The van der Waals surface area contributed by atoms with Gasteiger partial charge in [-0.15, -0.1) is 0 Å². The molecule has 5 unspecified atom stereocenters. The molecule has 8 atom stereocenters. The van der Waals surface area contributed by atoms with Crippen LogP contribution in [0.4, 0.5) is 0 Å². The van der Waals surface area contributed by atoms with E-state index in [1.807, 2.05) is 6.92 Å². The highest BCUT2D eigenvalue weighted by atomic mass is 16.7. The Morgan fingerprint density at radius 2 is 1.74 bits per heavy atom. The minimum atomic E-state index is -1.41. The van der Waals surface area contributed by atoms with E-state index in [-0.39, 0.29) is 24.2 Å². The van der Waals surface area contributed by atoms with E-state index in [4.69, 9.17) is 9.47 Å². The summed E-state index contributed by atoms with van der Waals surface area (Å²) in [5.41, 5.74) is 5.58. The Bertz CT molecular complexity index is 873. The smallest absolute Gasteiger partial charge is 0.229 e. The summed E-state index contributed by atoms with van der Waals surface area (Å²) in [6, 6.07) is 0. The van der Waals surface area contributed by atoms with Crippen LogP contribution in [-0.2, 0) is 4.74 Å². The molecule has 1 aromatic rings. The molecule has 31 heavy (non-hydrogen) atoms.